The van der Waals surface area contributed by atoms with Crippen LogP contribution in [0.15, 0.2) is 87.5 Å². The Balaban J connectivity index is 2.17. The standard InChI is InChI=1S/C20H22S/c1-17-13-15-20(16-14-17)21(2,18-9-5-3-6-10-18)19-11-7-4-8-12-19/h3,5-7,9-16H,4,8H2,1-2H3. The van der Waals surface area contributed by atoms with Gasteiger partial charge in [-0.1, -0.05) is 54.1 Å². The van der Waals surface area contributed by atoms with Gasteiger partial charge < -0.3 is 0 Å². The van der Waals surface area contributed by atoms with Crippen LogP contribution in [0.5, 0.6) is 0 Å². The maximum Gasteiger partial charge on any atom is -0.00211 e. The second-order valence-electron chi connectivity index (χ2n) is 5.63. The Bertz CT molecular complexity index is 665. The van der Waals surface area contributed by atoms with Crippen LogP contribution in [-0.2, 0) is 0 Å². The van der Waals surface area contributed by atoms with Gasteiger partial charge in [0, 0.05) is 0 Å². The molecule has 0 N–H and O–H groups in total. The lowest BCUT2D eigenvalue weighted by Crippen LogP contribution is -2.04. The zero-order valence-corrected chi connectivity index (χ0v) is 13.6. The summed E-state index contributed by atoms with van der Waals surface area (Å²) in [5.74, 6) is 0. The minimum atomic E-state index is -1.14. The average Bonchev–Trinajstić information content (AvgIpc) is 2.56. The molecule has 1 heteroatoms. The molecule has 0 nitrogen and oxygen atoms in total. The summed E-state index contributed by atoms with van der Waals surface area (Å²) in [6.07, 6.45) is 11.8. The van der Waals surface area contributed by atoms with Crippen molar-refractivity contribution in [3.63, 3.8) is 0 Å². The molecule has 2 aromatic carbocycles. The molecule has 2 aromatic rings. The molecular formula is C20H22S. The van der Waals surface area contributed by atoms with Crippen LogP contribution in [0.4, 0.5) is 0 Å². The van der Waals surface area contributed by atoms with E-state index >= 15 is 0 Å². The number of allylic oxidation sites excluding steroid dienone is 3. The Morgan fingerprint density at radius 2 is 1.48 bits per heavy atom. The molecule has 1 aliphatic carbocycles. The van der Waals surface area contributed by atoms with Gasteiger partial charge in [-0.3, -0.25) is 0 Å². The highest BCUT2D eigenvalue weighted by Gasteiger charge is 2.26. The fourth-order valence-electron chi connectivity index (χ4n) is 2.80. The second-order valence-corrected chi connectivity index (χ2v) is 8.88. The highest BCUT2D eigenvalue weighted by atomic mass is 32.3. The van der Waals surface area contributed by atoms with Crippen molar-refractivity contribution < 1.29 is 0 Å². The van der Waals surface area contributed by atoms with E-state index in [4.69, 9.17) is 0 Å². The van der Waals surface area contributed by atoms with Crippen LogP contribution in [0.3, 0.4) is 0 Å². The minimum Gasteiger partial charge on any atom is -0.164 e. The van der Waals surface area contributed by atoms with E-state index in [1.165, 1.54) is 26.7 Å². The zero-order valence-electron chi connectivity index (χ0n) is 12.8. The van der Waals surface area contributed by atoms with Crippen molar-refractivity contribution >= 4 is 10.0 Å². The molecule has 0 fully saturated rings. The highest BCUT2D eigenvalue weighted by Crippen LogP contribution is 2.66. The molecule has 1 unspecified atom stereocenters. The lowest BCUT2D eigenvalue weighted by atomic mass is 10.2. The molecule has 21 heavy (non-hydrogen) atoms. The third-order valence-electron chi connectivity index (χ3n) is 4.14. The molecule has 0 amide bonds. The molecule has 3 rings (SSSR count). The van der Waals surface area contributed by atoms with Crippen molar-refractivity contribution in [2.24, 2.45) is 0 Å². The predicted molar refractivity (Wildman–Crippen MR) is 94.1 cm³/mol. The molecule has 108 valence electrons. The SMILES string of the molecule is Cc1ccc(S(C)(C2=CCCC=C2)c2ccccc2)cc1. The smallest absolute Gasteiger partial charge is 0.00211 e. The van der Waals surface area contributed by atoms with E-state index in [0.717, 1.165) is 6.42 Å². The van der Waals surface area contributed by atoms with Crippen molar-refractivity contribution in [1.29, 1.82) is 0 Å². The van der Waals surface area contributed by atoms with Gasteiger partial charge in [0.2, 0.25) is 0 Å². The summed E-state index contributed by atoms with van der Waals surface area (Å²) >= 11 is 0. The minimum absolute atomic E-state index is 1.14. The first-order chi connectivity index (χ1) is 10.2. The van der Waals surface area contributed by atoms with E-state index in [1.54, 1.807) is 0 Å². The summed E-state index contributed by atoms with van der Waals surface area (Å²) in [5, 5.41) is 0. The first-order valence-electron chi connectivity index (χ1n) is 7.48. The van der Waals surface area contributed by atoms with Crippen LogP contribution in [0.1, 0.15) is 18.4 Å². The second kappa shape index (κ2) is 5.95. The van der Waals surface area contributed by atoms with Crippen LogP contribution < -0.4 is 0 Å². The summed E-state index contributed by atoms with van der Waals surface area (Å²) in [7, 11) is -1.14. The largest absolute Gasteiger partial charge is 0.164 e. The van der Waals surface area contributed by atoms with Gasteiger partial charge in [-0.15, -0.1) is 0 Å². The molecule has 0 heterocycles. The van der Waals surface area contributed by atoms with Crippen molar-refractivity contribution in [2.75, 3.05) is 6.26 Å². The molecule has 0 saturated carbocycles. The number of hydrogen-bond acceptors (Lipinski definition) is 0. The first kappa shape index (κ1) is 14.2. The third-order valence-corrected chi connectivity index (χ3v) is 7.81. The molecule has 0 aliphatic heterocycles. The molecule has 0 radical (unpaired) electrons. The zero-order chi connectivity index (χ0) is 14.7. The number of rotatable bonds is 3. The topological polar surface area (TPSA) is 0 Å². The molecule has 0 spiro atoms. The van der Waals surface area contributed by atoms with E-state index in [1.807, 2.05) is 0 Å². The summed E-state index contributed by atoms with van der Waals surface area (Å²) in [5.41, 5.74) is 1.32. The lowest BCUT2D eigenvalue weighted by molar-refractivity contribution is 1.03. The number of hydrogen-bond donors (Lipinski definition) is 0. The fraction of sp³-hybridized carbons (Fsp3) is 0.200. The predicted octanol–water partition coefficient (Wildman–Crippen LogP) is 6.08. The van der Waals surface area contributed by atoms with Gasteiger partial charge in [0.25, 0.3) is 0 Å². The van der Waals surface area contributed by atoms with Crippen molar-refractivity contribution in [3.8, 4) is 0 Å². The number of aryl methyl sites for hydroxylation is 1. The van der Waals surface area contributed by atoms with E-state index in [0.29, 0.717) is 0 Å². The van der Waals surface area contributed by atoms with Crippen LogP contribution in [0.2, 0.25) is 0 Å². The molecular weight excluding hydrogens is 272 g/mol. The summed E-state index contributed by atoms with van der Waals surface area (Å²) in [6, 6.07) is 20.0. The van der Waals surface area contributed by atoms with Gasteiger partial charge in [-0.2, -0.15) is 10.0 Å². The monoisotopic (exact) mass is 294 g/mol. The molecule has 0 saturated heterocycles. The van der Waals surface area contributed by atoms with Gasteiger partial charge in [0.1, 0.15) is 0 Å². The summed E-state index contributed by atoms with van der Waals surface area (Å²) < 4.78 is 0. The summed E-state index contributed by atoms with van der Waals surface area (Å²) in [4.78, 5) is 4.37. The van der Waals surface area contributed by atoms with Gasteiger partial charge in [0.15, 0.2) is 0 Å². The van der Waals surface area contributed by atoms with Crippen molar-refractivity contribution in [3.05, 3.63) is 83.3 Å². The van der Waals surface area contributed by atoms with Gasteiger partial charge in [0.05, 0.1) is 0 Å². The average molecular weight is 294 g/mol. The number of benzene rings is 2. The molecule has 1 atom stereocenters. The van der Waals surface area contributed by atoms with Gasteiger partial charge >= 0.3 is 0 Å². The van der Waals surface area contributed by atoms with Crippen LogP contribution in [-0.4, -0.2) is 6.26 Å². The van der Waals surface area contributed by atoms with Crippen LogP contribution in [0.25, 0.3) is 0 Å². The summed E-state index contributed by atoms with van der Waals surface area (Å²) in [6.45, 7) is 2.15. The van der Waals surface area contributed by atoms with Gasteiger partial charge in [-0.05, 0) is 65.0 Å². The Morgan fingerprint density at radius 1 is 0.810 bits per heavy atom. The van der Waals surface area contributed by atoms with Crippen LogP contribution in [0, 0.1) is 6.92 Å². The molecule has 1 aliphatic rings. The van der Waals surface area contributed by atoms with Crippen LogP contribution >= 0.6 is 10.0 Å². The Hall–Kier alpha value is -1.73. The molecule has 0 aromatic heterocycles. The maximum absolute atomic E-state index is 2.43. The van der Waals surface area contributed by atoms with Crippen molar-refractivity contribution in [2.45, 2.75) is 29.6 Å². The maximum atomic E-state index is 2.43. The van der Waals surface area contributed by atoms with Crippen molar-refractivity contribution in [1.82, 2.24) is 0 Å². The van der Waals surface area contributed by atoms with E-state index in [2.05, 4.69) is 86.0 Å². The third kappa shape index (κ3) is 2.71. The van der Waals surface area contributed by atoms with Gasteiger partial charge in [-0.25, -0.2) is 0 Å². The van der Waals surface area contributed by atoms with E-state index in [-0.39, 0.29) is 0 Å². The Morgan fingerprint density at radius 3 is 2.10 bits per heavy atom. The van der Waals surface area contributed by atoms with E-state index in [9.17, 15) is 0 Å². The lowest BCUT2D eigenvalue weighted by Gasteiger charge is -2.39. The van der Waals surface area contributed by atoms with E-state index < -0.39 is 10.0 Å². The first-order valence-corrected chi connectivity index (χ1v) is 9.52. The highest BCUT2D eigenvalue weighted by molar-refractivity contribution is 8.36. The normalized spacial score (nSPS) is 18.7. The molecule has 0 bridgehead atoms. The Kier molecular flexibility index (Phi) is 4.03. The fourth-order valence-corrected chi connectivity index (χ4v) is 5.82. The Labute approximate surface area is 129 Å². The quantitative estimate of drug-likeness (QED) is 0.643.